The minimum absolute atomic E-state index is 0.154. The molecule has 2 rings (SSSR count). The molecular weight excluding hydrogens is 326 g/mol. The van der Waals surface area contributed by atoms with Gasteiger partial charge >= 0.3 is 0 Å². The Bertz CT molecular complexity index is 612. The average Bonchev–Trinajstić information content (AvgIpc) is 3.01. The number of nitrogens with zero attached hydrogens (tertiary/aromatic N) is 3. The van der Waals surface area contributed by atoms with E-state index in [1.54, 1.807) is 0 Å². The van der Waals surface area contributed by atoms with E-state index >= 15 is 0 Å². The third-order valence-corrected chi connectivity index (χ3v) is 4.38. The first-order valence-corrected chi connectivity index (χ1v) is 8.28. The van der Waals surface area contributed by atoms with Crippen molar-refractivity contribution >= 4 is 23.6 Å². The molecule has 1 fully saturated rings. The molecule has 1 saturated heterocycles. The van der Waals surface area contributed by atoms with Crippen LogP contribution in [0.15, 0.2) is 6.20 Å². The number of nitrogens with one attached hydrogen (secondary N) is 1. The Morgan fingerprint density at radius 3 is 2.65 bits per heavy atom. The van der Waals surface area contributed by atoms with Crippen molar-refractivity contribution in [1.82, 2.24) is 20.0 Å². The summed E-state index contributed by atoms with van der Waals surface area (Å²) < 4.78 is 27.3. The first-order chi connectivity index (χ1) is 10.6. The van der Waals surface area contributed by atoms with Gasteiger partial charge < -0.3 is 10.2 Å². The van der Waals surface area contributed by atoms with E-state index in [-0.39, 0.29) is 11.5 Å². The maximum absolute atomic E-state index is 13.1. The SMILES string of the molecule is Cn1ncc(C(=O)N2CSC[C@H]2C(=O)NC(C)(C)C)c1C(F)F. The van der Waals surface area contributed by atoms with Gasteiger partial charge in [-0.2, -0.15) is 5.10 Å². The summed E-state index contributed by atoms with van der Waals surface area (Å²) in [5.74, 6) is -0.137. The first kappa shape index (κ1) is 17.7. The lowest BCUT2D eigenvalue weighted by Crippen LogP contribution is -2.52. The average molecular weight is 346 g/mol. The zero-order chi connectivity index (χ0) is 17.4. The van der Waals surface area contributed by atoms with E-state index in [1.807, 2.05) is 20.8 Å². The second-order valence-corrected chi connectivity index (χ2v) is 7.40. The van der Waals surface area contributed by atoms with Gasteiger partial charge in [0, 0.05) is 18.3 Å². The smallest absolute Gasteiger partial charge is 0.280 e. The van der Waals surface area contributed by atoms with E-state index in [0.29, 0.717) is 11.6 Å². The van der Waals surface area contributed by atoms with Crippen molar-refractivity contribution in [3.05, 3.63) is 17.5 Å². The van der Waals surface area contributed by atoms with Gasteiger partial charge in [0.2, 0.25) is 5.91 Å². The molecule has 0 saturated carbocycles. The van der Waals surface area contributed by atoms with Crippen molar-refractivity contribution in [2.75, 3.05) is 11.6 Å². The molecule has 0 spiro atoms. The summed E-state index contributed by atoms with van der Waals surface area (Å²) in [6.07, 6.45) is -1.68. The number of hydrogen-bond acceptors (Lipinski definition) is 4. The molecule has 1 aliphatic heterocycles. The molecule has 1 N–H and O–H groups in total. The summed E-state index contributed by atoms with van der Waals surface area (Å²) in [5, 5.41) is 6.57. The van der Waals surface area contributed by atoms with Crippen molar-refractivity contribution in [3.8, 4) is 0 Å². The standard InChI is InChI=1S/C14H20F2N4O2S/c1-14(2,3)18-12(21)9-6-23-7-20(9)13(22)8-5-17-19(4)10(8)11(15)16/h5,9,11H,6-7H2,1-4H3,(H,18,21)/t9-/m0/s1. The number of carbonyl (C=O) groups is 2. The van der Waals surface area contributed by atoms with Gasteiger partial charge in [0.1, 0.15) is 11.7 Å². The lowest BCUT2D eigenvalue weighted by atomic mass is 10.1. The molecule has 2 amide bonds. The summed E-state index contributed by atoms with van der Waals surface area (Å²) >= 11 is 1.42. The summed E-state index contributed by atoms with van der Waals surface area (Å²) in [6, 6.07) is -0.669. The summed E-state index contributed by atoms with van der Waals surface area (Å²) in [6.45, 7) is 5.53. The van der Waals surface area contributed by atoms with Crippen LogP contribution in [0.2, 0.25) is 0 Å². The third-order valence-electron chi connectivity index (χ3n) is 3.37. The Labute approximate surface area is 137 Å². The molecule has 128 valence electrons. The second kappa shape index (κ2) is 6.46. The van der Waals surface area contributed by atoms with Gasteiger partial charge in [-0.05, 0) is 20.8 Å². The fourth-order valence-corrected chi connectivity index (χ4v) is 3.49. The highest BCUT2D eigenvalue weighted by atomic mass is 32.2. The normalized spacial score (nSPS) is 18.6. The predicted octanol–water partition coefficient (Wildman–Crippen LogP) is 1.79. The number of halogens is 2. The van der Waals surface area contributed by atoms with Gasteiger partial charge in [-0.15, -0.1) is 11.8 Å². The number of alkyl halides is 2. The Kier molecular flexibility index (Phi) is 4.98. The number of thioether (sulfide) groups is 1. The Morgan fingerprint density at radius 1 is 1.43 bits per heavy atom. The molecule has 2 heterocycles. The van der Waals surface area contributed by atoms with Crippen molar-refractivity contribution in [2.24, 2.45) is 7.05 Å². The van der Waals surface area contributed by atoms with E-state index in [0.717, 1.165) is 10.9 Å². The largest absolute Gasteiger partial charge is 0.350 e. The molecule has 0 radical (unpaired) electrons. The maximum atomic E-state index is 13.1. The molecule has 1 aromatic heterocycles. The molecule has 1 aliphatic rings. The Hall–Kier alpha value is -1.64. The topological polar surface area (TPSA) is 67.2 Å². The van der Waals surface area contributed by atoms with Crippen LogP contribution in [0.1, 0.15) is 43.2 Å². The highest BCUT2D eigenvalue weighted by molar-refractivity contribution is 7.99. The monoisotopic (exact) mass is 346 g/mol. The van der Waals surface area contributed by atoms with Crippen LogP contribution in [0.4, 0.5) is 8.78 Å². The predicted molar refractivity (Wildman–Crippen MR) is 83.3 cm³/mol. The Balaban J connectivity index is 2.23. The molecule has 0 aliphatic carbocycles. The number of carbonyl (C=O) groups excluding carboxylic acids is 2. The van der Waals surface area contributed by atoms with E-state index < -0.39 is 29.6 Å². The minimum atomic E-state index is -2.81. The highest BCUT2D eigenvalue weighted by Gasteiger charge is 2.38. The number of amides is 2. The van der Waals surface area contributed by atoms with Crippen molar-refractivity contribution < 1.29 is 18.4 Å². The van der Waals surface area contributed by atoms with Gasteiger partial charge in [-0.25, -0.2) is 8.78 Å². The molecule has 23 heavy (non-hydrogen) atoms. The first-order valence-electron chi connectivity index (χ1n) is 7.12. The molecule has 9 heteroatoms. The quantitative estimate of drug-likeness (QED) is 0.906. The van der Waals surface area contributed by atoms with Crippen LogP contribution < -0.4 is 5.32 Å². The maximum Gasteiger partial charge on any atom is 0.280 e. The molecule has 6 nitrogen and oxygen atoms in total. The van der Waals surface area contributed by atoms with Gasteiger partial charge in [0.25, 0.3) is 12.3 Å². The van der Waals surface area contributed by atoms with Gasteiger partial charge in [-0.3, -0.25) is 14.3 Å². The molecular formula is C14H20F2N4O2S. The van der Waals surface area contributed by atoms with Crippen LogP contribution in [0.25, 0.3) is 0 Å². The number of rotatable bonds is 3. The number of aryl methyl sites for hydroxylation is 1. The van der Waals surface area contributed by atoms with Crippen LogP contribution in [-0.2, 0) is 11.8 Å². The van der Waals surface area contributed by atoms with E-state index in [4.69, 9.17) is 0 Å². The van der Waals surface area contributed by atoms with Gasteiger partial charge in [0.05, 0.1) is 17.6 Å². The van der Waals surface area contributed by atoms with Crippen molar-refractivity contribution in [3.63, 3.8) is 0 Å². The van der Waals surface area contributed by atoms with Crippen LogP contribution >= 0.6 is 11.8 Å². The summed E-state index contributed by atoms with van der Waals surface area (Å²) in [4.78, 5) is 26.3. The Morgan fingerprint density at radius 2 is 2.09 bits per heavy atom. The lowest BCUT2D eigenvalue weighted by molar-refractivity contribution is -0.125. The van der Waals surface area contributed by atoms with Gasteiger partial charge in [0.15, 0.2) is 0 Å². The molecule has 0 unspecified atom stereocenters. The molecule has 1 atom stereocenters. The zero-order valence-electron chi connectivity index (χ0n) is 13.5. The third kappa shape index (κ3) is 3.82. The highest BCUT2D eigenvalue weighted by Crippen LogP contribution is 2.28. The van der Waals surface area contributed by atoms with Crippen molar-refractivity contribution in [2.45, 2.75) is 38.8 Å². The zero-order valence-corrected chi connectivity index (χ0v) is 14.3. The van der Waals surface area contributed by atoms with E-state index in [2.05, 4.69) is 10.4 Å². The van der Waals surface area contributed by atoms with Crippen LogP contribution in [-0.4, -0.2) is 49.7 Å². The van der Waals surface area contributed by atoms with Crippen LogP contribution in [0, 0.1) is 0 Å². The molecule has 1 aromatic rings. The van der Waals surface area contributed by atoms with Gasteiger partial charge in [-0.1, -0.05) is 0 Å². The van der Waals surface area contributed by atoms with Crippen LogP contribution in [0.5, 0.6) is 0 Å². The molecule has 0 bridgehead atoms. The fourth-order valence-electron chi connectivity index (χ4n) is 2.34. The van der Waals surface area contributed by atoms with Crippen LogP contribution in [0.3, 0.4) is 0 Å². The van der Waals surface area contributed by atoms with E-state index in [9.17, 15) is 18.4 Å². The number of aromatic nitrogens is 2. The summed E-state index contributed by atoms with van der Waals surface area (Å²) in [7, 11) is 1.36. The molecule has 0 aromatic carbocycles. The fraction of sp³-hybridized carbons (Fsp3) is 0.643. The van der Waals surface area contributed by atoms with E-state index in [1.165, 1.54) is 23.7 Å². The second-order valence-electron chi connectivity index (χ2n) is 6.40. The van der Waals surface area contributed by atoms with Crippen molar-refractivity contribution in [1.29, 1.82) is 0 Å². The number of hydrogen-bond donors (Lipinski definition) is 1. The summed E-state index contributed by atoms with van der Waals surface area (Å²) in [5.41, 5.74) is -1.01. The minimum Gasteiger partial charge on any atom is -0.350 e. The lowest BCUT2D eigenvalue weighted by Gasteiger charge is -2.27.